The van der Waals surface area contributed by atoms with Crippen molar-refractivity contribution >= 4 is 67.0 Å². The molecule has 7 N–H and O–H groups in total. The average molecular weight is 717 g/mol. The van der Waals surface area contributed by atoms with Crippen LogP contribution < -0.4 is 27.4 Å². The lowest BCUT2D eigenvalue weighted by molar-refractivity contribution is -0.138. The van der Waals surface area contributed by atoms with Crippen LogP contribution >= 0.6 is 37.2 Å². The first-order valence-corrected chi connectivity index (χ1v) is 13.8. The number of hydrogen-bond donors (Lipinski definition) is 4. The van der Waals surface area contributed by atoms with Crippen LogP contribution in [-0.4, -0.2) is 92.3 Å². The molecule has 0 saturated heterocycles. The highest BCUT2D eigenvalue weighted by atomic mass is 35.5. The number of rotatable bonds is 17. The van der Waals surface area contributed by atoms with Gasteiger partial charge in [-0.15, -0.1) is 37.2 Å². The quantitative estimate of drug-likeness (QED) is 0.182. The highest BCUT2D eigenvalue weighted by Crippen LogP contribution is 2.30. The molecule has 0 radical (unpaired) electrons. The van der Waals surface area contributed by atoms with Crippen LogP contribution in [-0.2, 0) is 31.8 Å². The van der Waals surface area contributed by atoms with Gasteiger partial charge in [-0.3, -0.25) is 19.2 Å². The van der Waals surface area contributed by atoms with Gasteiger partial charge in [0, 0.05) is 52.0 Å². The number of nitrogens with two attached hydrogens (primary N) is 3. The summed E-state index contributed by atoms with van der Waals surface area (Å²) in [5.41, 5.74) is 17.5. The normalized spacial score (nSPS) is 11.8. The largest absolute Gasteiger partial charge is 0.416 e. The van der Waals surface area contributed by atoms with Crippen molar-refractivity contribution in [1.29, 1.82) is 0 Å². The lowest BCUT2D eigenvalue weighted by Gasteiger charge is -2.28. The van der Waals surface area contributed by atoms with E-state index in [-0.39, 0.29) is 101 Å². The van der Waals surface area contributed by atoms with Crippen LogP contribution in [0.15, 0.2) is 54.6 Å². The molecular formula is C29H43Cl3F3N7O4. The lowest BCUT2D eigenvalue weighted by atomic mass is 10.0. The van der Waals surface area contributed by atoms with Crippen LogP contribution in [0.4, 0.5) is 18.9 Å². The van der Waals surface area contributed by atoms with Gasteiger partial charge in [0.2, 0.25) is 24.1 Å². The Hall–Kier alpha value is -3.14. The van der Waals surface area contributed by atoms with Crippen molar-refractivity contribution in [2.24, 2.45) is 17.2 Å². The van der Waals surface area contributed by atoms with Gasteiger partial charge in [-0.1, -0.05) is 30.3 Å². The first-order valence-electron chi connectivity index (χ1n) is 13.8. The molecule has 0 aliphatic heterocycles. The number of carbonyl (C=O) groups excluding carboxylic acids is 4. The number of alkyl halides is 3. The number of benzene rings is 2. The predicted octanol–water partition coefficient (Wildman–Crippen LogP) is 1.97. The zero-order valence-corrected chi connectivity index (χ0v) is 27.8. The zero-order valence-electron chi connectivity index (χ0n) is 25.4. The van der Waals surface area contributed by atoms with E-state index in [1.165, 1.54) is 33.9 Å². The maximum atomic E-state index is 13.5. The number of carbonyl (C=O) groups is 4. The van der Waals surface area contributed by atoms with E-state index in [0.29, 0.717) is 12.8 Å². The van der Waals surface area contributed by atoms with Crippen molar-refractivity contribution in [3.8, 4) is 0 Å². The summed E-state index contributed by atoms with van der Waals surface area (Å²) in [6.07, 6.45) is -3.68. The molecule has 0 aliphatic carbocycles. The summed E-state index contributed by atoms with van der Waals surface area (Å²) < 4.78 is 38.7. The monoisotopic (exact) mass is 715 g/mol. The minimum Gasteiger partial charge on any atom is -0.343 e. The van der Waals surface area contributed by atoms with Crippen molar-refractivity contribution in [2.75, 3.05) is 51.2 Å². The van der Waals surface area contributed by atoms with Crippen molar-refractivity contribution in [3.63, 3.8) is 0 Å². The minimum absolute atomic E-state index is 0. The Kier molecular flexibility index (Phi) is 21.9. The summed E-state index contributed by atoms with van der Waals surface area (Å²) in [5, 5.41) is 2.66. The van der Waals surface area contributed by atoms with Gasteiger partial charge in [-0.2, -0.15) is 13.2 Å². The fourth-order valence-corrected chi connectivity index (χ4v) is 4.29. The molecule has 0 fully saturated rings. The van der Waals surface area contributed by atoms with Gasteiger partial charge < -0.3 is 37.2 Å². The van der Waals surface area contributed by atoms with Gasteiger partial charge in [0.1, 0.15) is 6.04 Å². The van der Waals surface area contributed by atoms with Gasteiger partial charge in [0.15, 0.2) is 0 Å². The standard InChI is InChI=1S/C29H40F3N7O4.3ClH/c1-37(17-18-39(20-40)23-10-8-22(9-11-23)29(30,31)32)28(43)25(12-7-21-5-3-2-4-6-21)36-27(42)24(35)19-26(41)38(15-13-33)16-14-34;;;/h2-6,8-11,20,24-25H,7,12-19,33-35H2,1H3,(H,36,42);3*1H/t24?,25-;;;/m0.../s1. The van der Waals surface area contributed by atoms with Crippen LogP contribution in [0.5, 0.6) is 0 Å². The second-order valence-corrected chi connectivity index (χ2v) is 9.96. The fourth-order valence-electron chi connectivity index (χ4n) is 4.29. The zero-order chi connectivity index (χ0) is 32.0. The molecule has 17 heteroatoms. The third-order valence-corrected chi connectivity index (χ3v) is 6.77. The first kappa shape index (κ1) is 45.0. The summed E-state index contributed by atoms with van der Waals surface area (Å²) in [5.74, 6) is -1.54. The first-order chi connectivity index (χ1) is 20.4. The molecule has 0 aliphatic rings. The summed E-state index contributed by atoms with van der Waals surface area (Å²) in [7, 11) is 1.49. The highest BCUT2D eigenvalue weighted by Gasteiger charge is 2.31. The number of anilines is 1. The maximum Gasteiger partial charge on any atom is 0.416 e. The maximum absolute atomic E-state index is 13.5. The number of likely N-dealkylation sites (N-methyl/N-ethyl adjacent to an activating group) is 1. The topological polar surface area (TPSA) is 168 Å². The van der Waals surface area contributed by atoms with Crippen molar-refractivity contribution in [1.82, 2.24) is 15.1 Å². The Bertz CT molecular complexity index is 1190. The molecule has 260 valence electrons. The molecule has 0 spiro atoms. The molecule has 2 rings (SSSR count). The lowest BCUT2D eigenvalue weighted by Crippen LogP contribution is -2.54. The number of hydrogen-bond acceptors (Lipinski definition) is 7. The molecule has 46 heavy (non-hydrogen) atoms. The van der Waals surface area contributed by atoms with Crippen molar-refractivity contribution < 1.29 is 32.3 Å². The molecule has 0 heterocycles. The molecule has 2 aromatic rings. The SMILES string of the molecule is CN(CCN(C=O)c1ccc(C(F)(F)F)cc1)C(=O)[C@H](CCc1ccccc1)NC(=O)C(N)CC(=O)N(CCN)CCN.Cl.Cl.Cl. The summed E-state index contributed by atoms with van der Waals surface area (Å²) in [4.78, 5) is 54.7. The summed E-state index contributed by atoms with van der Waals surface area (Å²) in [6.45, 7) is 0.970. The molecule has 4 amide bonds. The van der Waals surface area contributed by atoms with Crippen LogP contribution in [0.2, 0.25) is 0 Å². The van der Waals surface area contributed by atoms with Crippen LogP contribution in [0.1, 0.15) is 24.0 Å². The molecular weight excluding hydrogens is 674 g/mol. The second-order valence-electron chi connectivity index (χ2n) is 9.96. The van der Waals surface area contributed by atoms with Crippen molar-refractivity contribution in [2.45, 2.75) is 37.5 Å². The molecule has 2 atom stereocenters. The average Bonchev–Trinajstić information content (AvgIpc) is 2.99. The summed E-state index contributed by atoms with van der Waals surface area (Å²) in [6, 6.07) is 11.2. The minimum atomic E-state index is -4.51. The number of halogens is 6. The number of nitrogens with zero attached hydrogens (tertiary/aromatic N) is 3. The van der Waals surface area contributed by atoms with E-state index in [1.807, 2.05) is 30.3 Å². The van der Waals surface area contributed by atoms with Crippen LogP contribution in [0, 0.1) is 0 Å². The molecule has 2 aromatic carbocycles. The Balaban J connectivity index is 0. The fraction of sp³-hybridized carbons (Fsp3) is 0.448. The molecule has 0 saturated carbocycles. The number of aryl methyl sites for hydroxylation is 1. The van der Waals surface area contributed by atoms with Crippen LogP contribution in [0.25, 0.3) is 0 Å². The van der Waals surface area contributed by atoms with Gasteiger partial charge in [0.25, 0.3) is 0 Å². The molecule has 1 unspecified atom stereocenters. The number of nitrogens with one attached hydrogen (secondary N) is 1. The van der Waals surface area contributed by atoms with E-state index in [4.69, 9.17) is 17.2 Å². The van der Waals surface area contributed by atoms with E-state index >= 15 is 0 Å². The predicted molar refractivity (Wildman–Crippen MR) is 178 cm³/mol. The molecule has 0 bridgehead atoms. The third kappa shape index (κ3) is 14.5. The molecule has 0 aromatic heterocycles. The Morgan fingerprint density at radius 3 is 1.96 bits per heavy atom. The third-order valence-electron chi connectivity index (χ3n) is 6.77. The second kappa shape index (κ2) is 22.4. The van der Waals surface area contributed by atoms with E-state index < -0.39 is 35.6 Å². The number of amides is 4. The smallest absolute Gasteiger partial charge is 0.343 e. The highest BCUT2D eigenvalue weighted by molar-refractivity contribution is 5.92. The van der Waals surface area contributed by atoms with E-state index in [1.54, 1.807) is 0 Å². The Labute approximate surface area is 285 Å². The van der Waals surface area contributed by atoms with Crippen molar-refractivity contribution in [3.05, 3.63) is 65.7 Å². The van der Waals surface area contributed by atoms with E-state index in [2.05, 4.69) is 5.32 Å². The Morgan fingerprint density at radius 1 is 0.891 bits per heavy atom. The van der Waals surface area contributed by atoms with Gasteiger partial charge >= 0.3 is 6.18 Å². The van der Waals surface area contributed by atoms with E-state index in [0.717, 1.165) is 17.7 Å². The Morgan fingerprint density at radius 2 is 1.46 bits per heavy atom. The summed E-state index contributed by atoms with van der Waals surface area (Å²) >= 11 is 0. The molecule has 11 nitrogen and oxygen atoms in total. The van der Waals surface area contributed by atoms with Gasteiger partial charge in [-0.05, 0) is 42.7 Å². The van der Waals surface area contributed by atoms with E-state index in [9.17, 15) is 32.3 Å². The van der Waals surface area contributed by atoms with Crippen LogP contribution in [0.3, 0.4) is 0 Å². The van der Waals surface area contributed by atoms with Gasteiger partial charge in [0.05, 0.1) is 18.0 Å². The van der Waals surface area contributed by atoms with Gasteiger partial charge in [-0.25, -0.2) is 0 Å².